The van der Waals surface area contributed by atoms with Gasteiger partial charge in [0.25, 0.3) is 0 Å². The Balaban J connectivity index is 1.72. The first-order valence-corrected chi connectivity index (χ1v) is 15.8. The Hall–Kier alpha value is -1.25. The predicted octanol–water partition coefficient (Wildman–Crippen LogP) is 6.07. The fourth-order valence-electron chi connectivity index (χ4n) is 2.95. The Morgan fingerprint density at radius 3 is 1.85 bits per heavy atom. The van der Waals surface area contributed by atoms with Crippen LogP contribution in [0, 0.1) is 37.5 Å². The van der Waals surface area contributed by atoms with Crippen LogP contribution < -0.4 is 9.47 Å². The molecule has 0 aliphatic heterocycles. The fraction of sp³-hybridized carbons (Fsp3) is 0.0909. The van der Waals surface area contributed by atoms with Gasteiger partial charge >= 0.3 is 22.1 Å². The summed E-state index contributed by atoms with van der Waals surface area (Å²) in [5, 5.41) is 10.1. The third kappa shape index (κ3) is 7.38. The third-order valence-electron chi connectivity index (χ3n) is 4.68. The van der Waals surface area contributed by atoms with Crippen molar-refractivity contribution in [1.82, 2.24) is 0 Å². The molecule has 0 bridgehead atoms. The smallest absolute Gasteiger partial charge is 0.343 e. The maximum atomic E-state index is 14.2. The van der Waals surface area contributed by atoms with Gasteiger partial charge in [-0.1, -0.05) is 0 Å². The monoisotopic (exact) mass is 1030 g/mol. The van der Waals surface area contributed by atoms with E-state index in [4.69, 9.17) is 14.0 Å². The van der Waals surface area contributed by atoms with E-state index in [1.54, 1.807) is 51.2 Å². The molecule has 0 fully saturated rings. The molecule has 0 radical (unpaired) electrons. The molecule has 3 rings (SSSR count). The summed E-state index contributed by atoms with van der Waals surface area (Å²) in [7, 11) is -5.68. The lowest BCUT2D eigenvalue weighted by Gasteiger charge is -2.14. The normalized spacial score (nSPS) is 11.3. The van der Waals surface area contributed by atoms with E-state index < -0.39 is 56.0 Å². The van der Waals surface area contributed by atoms with Crippen LogP contribution in [0.1, 0.15) is 20.7 Å². The Kier molecular flexibility index (Phi) is 11.1. The number of hydrogen-bond acceptors (Lipinski definition) is 8. The van der Waals surface area contributed by atoms with Gasteiger partial charge in [-0.3, -0.25) is 4.55 Å². The molecule has 18 heteroatoms. The first-order valence-electron chi connectivity index (χ1n) is 10.1. The van der Waals surface area contributed by atoms with E-state index >= 15 is 0 Å². The van der Waals surface area contributed by atoms with Crippen LogP contribution in [-0.4, -0.2) is 43.2 Å². The Labute approximate surface area is 277 Å². The molecule has 0 aliphatic carbocycles. The second-order valence-electron chi connectivity index (χ2n) is 7.32. The topological polar surface area (TPSA) is 136 Å². The summed E-state index contributed by atoms with van der Waals surface area (Å²) < 4.78 is 104. The van der Waals surface area contributed by atoms with Gasteiger partial charge in [0, 0.05) is 3.57 Å². The van der Waals surface area contributed by atoms with Crippen LogP contribution in [0.25, 0.3) is 0 Å². The number of benzene rings is 3. The standard InChI is InChI=1S/C22H10F4I4O9S/c23-13-15(25)20(40(34,35)36)16(26)14(24)19(13)39-21(32)7-3-11(29)18(12(30)4-7)37-1-2-38-22(33)9-5-8(27)6-10(28)17(9)31/h3-6,31H,1-2H2,(H,34,35,36). The number of carbonyl (C=O) groups is 2. The van der Waals surface area contributed by atoms with Crippen molar-refractivity contribution in [3.05, 3.63) is 72.9 Å². The second-order valence-corrected chi connectivity index (χ2v) is 13.4. The maximum Gasteiger partial charge on any atom is 0.343 e. The van der Waals surface area contributed by atoms with E-state index in [2.05, 4.69) is 4.74 Å². The van der Waals surface area contributed by atoms with E-state index in [9.17, 15) is 40.7 Å². The molecule has 0 aromatic heterocycles. The molecule has 0 heterocycles. The van der Waals surface area contributed by atoms with Crippen molar-refractivity contribution in [3.63, 3.8) is 0 Å². The molecule has 0 aliphatic rings. The van der Waals surface area contributed by atoms with Crippen molar-refractivity contribution in [2.75, 3.05) is 13.2 Å². The molecule has 9 nitrogen and oxygen atoms in total. The molecule has 0 unspecified atom stereocenters. The van der Waals surface area contributed by atoms with Gasteiger partial charge in [-0.2, -0.15) is 17.2 Å². The first-order chi connectivity index (χ1) is 18.5. The molecule has 3 aromatic carbocycles. The van der Waals surface area contributed by atoms with Crippen molar-refractivity contribution in [1.29, 1.82) is 0 Å². The molecular formula is C22H10F4I4O9S. The van der Waals surface area contributed by atoms with Crippen molar-refractivity contribution in [2.24, 2.45) is 0 Å². The summed E-state index contributed by atoms with van der Waals surface area (Å²) in [6.45, 7) is -0.357. The van der Waals surface area contributed by atoms with E-state index in [1.807, 2.05) is 45.2 Å². The number of phenols is 1. The highest BCUT2D eigenvalue weighted by atomic mass is 127. The minimum absolute atomic E-state index is 0.0245. The Morgan fingerprint density at radius 2 is 1.32 bits per heavy atom. The summed E-state index contributed by atoms with van der Waals surface area (Å²) in [6, 6.07) is 5.44. The number of ether oxygens (including phenoxy) is 3. The van der Waals surface area contributed by atoms with E-state index in [1.165, 1.54) is 6.07 Å². The lowest BCUT2D eigenvalue weighted by Crippen LogP contribution is -2.17. The van der Waals surface area contributed by atoms with Crippen LogP contribution >= 0.6 is 90.4 Å². The van der Waals surface area contributed by atoms with Gasteiger partial charge < -0.3 is 19.3 Å². The number of phenolic OH excluding ortho intramolecular Hbond substituents is 1. The van der Waals surface area contributed by atoms with Crippen LogP contribution in [0.3, 0.4) is 0 Å². The average molecular weight is 1030 g/mol. The van der Waals surface area contributed by atoms with Crippen molar-refractivity contribution in [2.45, 2.75) is 4.90 Å². The van der Waals surface area contributed by atoms with Gasteiger partial charge in [0.15, 0.2) is 16.5 Å². The average Bonchev–Trinajstić information content (AvgIpc) is 2.85. The van der Waals surface area contributed by atoms with Crippen LogP contribution in [0.4, 0.5) is 17.6 Å². The van der Waals surface area contributed by atoms with Crippen molar-refractivity contribution < 1.29 is 59.4 Å². The number of halogens is 8. The summed E-state index contributed by atoms with van der Waals surface area (Å²) in [6.07, 6.45) is 0. The lowest BCUT2D eigenvalue weighted by molar-refractivity contribution is 0.0445. The number of hydrogen-bond donors (Lipinski definition) is 2. The summed E-state index contributed by atoms with van der Waals surface area (Å²) in [4.78, 5) is 22.5. The van der Waals surface area contributed by atoms with E-state index in [0.717, 1.165) is 12.1 Å². The maximum absolute atomic E-state index is 14.2. The predicted molar refractivity (Wildman–Crippen MR) is 162 cm³/mol. The number of aromatic hydroxyl groups is 1. The zero-order valence-electron chi connectivity index (χ0n) is 18.9. The molecule has 0 atom stereocenters. The van der Waals surface area contributed by atoms with E-state index in [0.29, 0.717) is 7.14 Å². The van der Waals surface area contributed by atoms with Crippen LogP contribution in [0.5, 0.6) is 17.2 Å². The van der Waals surface area contributed by atoms with Gasteiger partial charge in [-0.25, -0.2) is 18.4 Å². The number of carbonyl (C=O) groups excluding carboxylic acids is 2. The van der Waals surface area contributed by atoms with Gasteiger partial charge in [-0.15, -0.1) is 0 Å². The molecule has 2 N–H and O–H groups in total. The quantitative estimate of drug-likeness (QED) is 0.0525. The molecule has 0 saturated carbocycles. The zero-order chi connectivity index (χ0) is 30.1. The third-order valence-corrected chi connectivity index (χ3v) is 8.60. The zero-order valence-corrected chi connectivity index (χ0v) is 28.4. The van der Waals surface area contributed by atoms with Gasteiger partial charge in [0.05, 0.1) is 16.3 Å². The molecule has 0 amide bonds. The summed E-state index contributed by atoms with van der Waals surface area (Å²) in [5.41, 5.74) is -0.349. The molecular weight excluding hydrogens is 1020 g/mol. The van der Waals surface area contributed by atoms with E-state index in [-0.39, 0.29) is 43.0 Å². The second kappa shape index (κ2) is 13.4. The Morgan fingerprint density at radius 1 is 0.775 bits per heavy atom. The minimum Gasteiger partial charge on any atom is -0.506 e. The highest BCUT2D eigenvalue weighted by Crippen LogP contribution is 2.34. The summed E-state index contributed by atoms with van der Waals surface area (Å²) >= 11 is 7.36. The van der Waals surface area contributed by atoms with Gasteiger partial charge in [0.2, 0.25) is 17.4 Å². The largest absolute Gasteiger partial charge is 0.506 e. The molecule has 3 aromatic rings. The first kappa shape index (κ1) is 33.3. The van der Waals surface area contributed by atoms with Crippen molar-refractivity contribution >= 4 is 112 Å². The number of esters is 2. The van der Waals surface area contributed by atoms with Gasteiger partial charge in [-0.05, 0) is 115 Å². The highest BCUT2D eigenvalue weighted by Gasteiger charge is 2.34. The van der Waals surface area contributed by atoms with Crippen molar-refractivity contribution in [3.8, 4) is 17.2 Å². The van der Waals surface area contributed by atoms with Gasteiger partial charge in [0.1, 0.15) is 30.3 Å². The van der Waals surface area contributed by atoms with Crippen LogP contribution in [0.2, 0.25) is 0 Å². The SMILES string of the molecule is O=C(Oc1c(F)c(F)c(S(=O)(=O)O)c(F)c1F)c1cc(I)c(OCCOC(=O)c2cc(I)cc(I)c2O)c(I)c1. The summed E-state index contributed by atoms with van der Waals surface area (Å²) in [5.74, 6) is -13.8. The molecule has 0 spiro atoms. The highest BCUT2D eigenvalue weighted by molar-refractivity contribution is 14.1. The lowest BCUT2D eigenvalue weighted by atomic mass is 10.2. The Bertz CT molecular complexity index is 1600. The van der Waals surface area contributed by atoms with Crippen LogP contribution in [0.15, 0.2) is 29.2 Å². The molecule has 0 saturated heterocycles. The molecule has 40 heavy (non-hydrogen) atoms. The molecule has 214 valence electrons. The van der Waals surface area contributed by atoms with Crippen LogP contribution in [-0.2, 0) is 14.9 Å². The fourth-order valence-corrected chi connectivity index (χ4v) is 7.51. The minimum atomic E-state index is -5.68. The number of rotatable bonds is 8.